The van der Waals surface area contributed by atoms with Crippen molar-refractivity contribution in [1.29, 1.82) is 0 Å². The van der Waals surface area contributed by atoms with Crippen LogP contribution in [0.25, 0.3) is 0 Å². The van der Waals surface area contributed by atoms with Crippen LogP contribution in [-0.4, -0.2) is 35.4 Å². The van der Waals surface area contributed by atoms with Gasteiger partial charge in [-0.3, -0.25) is 9.59 Å². The van der Waals surface area contributed by atoms with E-state index in [1.807, 2.05) is 56.3 Å². The Morgan fingerprint density at radius 1 is 1.06 bits per heavy atom. The third-order valence-corrected chi connectivity index (χ3v) is 6.28. The van der Waals surface area contributed by atoms with Crippen LogP contribution >= 0.6 is 31.9 Å². The maximum atomic E-state index is 13.1. The summed E-state index contributed by atoms with van der Waals surface area (Å²) >= 11 is 6.97. The molecule has 2 atom stereocenters. The van der Waals surface area contributed by atoms with Crippen molar-refractivity contribution in [3.63, 3.8) is 0 Å². The highest BCUT2D eigenvalue weighted by Crippen LogP contribution is 2.26. The maximum Gasteiger partial charge on any atom is 0.261 e. The van der Waals surface area contributed by atoms with Crippen LogP contribution in [0, 0.1) is 0 Å². The van der Waals surface area contributed by atoms with Crippen molar-refractivity contribution in [3.05, 3.63) is 62.5 Å². The first kappa shape index (κ1) is 25.4. The summed E-state index contributed by atoms with van der Waals surface area (Å²) < 4.78 is 7.52. The summed E-state index contributed by atoms with van der Waals surface area (Å²) in [5.74, 6) is 0.175. The lowest BCUT2D eigenvalue weighted by molar-refractivity contribution is -0.142. The second kappa shape index (κ2) is 12.2. The molecule has 0 spiro atoms. The smallest absolute Gasteiger partial charge is 0.261 e. The molecule has 0 aliphatic carbocycles. The molecule has 2 aromatic carbocycles. The van der Waals surface area contributed by atoms with E-state index in [0.717, 1.165) is 27.4 Å². The molecule has 31 heavy (non-hydrogen) atoms. The topological polar surface area (TPSA) is 58.6 Å². The first-order valence-electron chi connectivity index (χ1n) is 10.5. The summed E-state index contributed by atoms with van der Waals surface area (Å²) in [6.07, 6.45) is 1.74. The van der Waals surface area contributed by atoms with Gasteiger partial charge < -0.3 is 15.0 Å². The molecule has 1 N–H and O–H groups in total. The van der Waals surface area contributed by atoms with Crippen LogP contribution in [0.4, 0.5) is 0 Å². The third kappa shape index (κ3) is 7.65. The van der Waals surface area contributed by atoms with E-state index in [1.165, 1.54) is 5.56 Å². The summed E-state index contributed by atoms with van der Waals surface area (Å²) in [4.78, 5) is 27.5. The molecule has 0 aromatic heterocycles. The van der Waals surface area contributed by atoms with Crippen LogP contribution in [0.1, 0.15) is 45.2 Å². The molecule has 0 aliphatic rings. The van der Waals surface area contributed by atoms with Crippen molar-refractivity contribution >= 4 is 43.7 Å². The van der Waals surface area contributed by atoms with Gasteiger partial charge >= 0.3 is 0 Å². The minimum Gasteiger partial charge on any atom is -0.483 e. The molecular weight excluding hydrogens is 524 g/mol. The second-order valence-electron chi connectivity index (χ2n) is 7.55. The van der Waals surface area contributed by atoms with E-state index in [2.05, 4.69) is 44.1 Å². The van der Waals surface area contributed by atoms with Crippen LogP contribution in [0.2, 0.25) is 0 Å². The Kier molecular flexibility index (Phi) is 10.0. The molecular formula is C24H30Br2N2O3. The van der Waals surface area contributed by atoms with Crippen LogP contribution in [-0.2, 0) is 22.6 Å². The summed E-state index contributed by atoms with van der Waals surface area (Å²) in [7, 11) is 0. The average molecular weight is 554 g/mol. The minimum absolute atomic E-state index is 0.0436. The Bertz CT molecular complexity index is 904. The predicted octanol–water partition coefficient (Wildman–Crippen LogP) is 5.48. The molecule has 168 valence electrons. The van der Waals surface area contributed by atoms with Crippen molar-refractivity contribution in [2.24, 2.45) is 0 Å². The SMILES string of the molecule is CCc1ccc(OCC(=O)N(Cc2cccc(Br)c2)[C@H](C)C(=O)N[C@H](C)CC)c(Br)c1. The number of ether oxygens (including phenoxy) is 1. The molecule has 0 radical (unpaired) electrons. The van der Waals surface area contributed by atoms with E-state index < -0.39 is 6.04 Å². The van der Waals surface area contributed by atoms with E-state index in [0.29, 0.717) is 12.3 Å². The number of rotatable bonds is 10. The number of carbonyl (C=O) groups excluding carboxylic acids is 2. The van der Waals surface area contributed by atoms with Gasteiger partial charge in [0, 0.05) is 17.1 Å². The summed E-state index contributed by atoms with van der Waals surface area (Å²) in [6, 6.07) is 13.0. The largest absolute Gasteiger partial charge is 0.483 e. The Hall–Kier alpha value is -1.86. The van der Waals surface area contributed by atoms with E-state index >= 15 is 0 Å². The predicted molar refractivity (Wildman–Crippen MR) is 131 cm³/mol. The van der Waals surface area contributed by atoms with Crippen molar-refractivity contribution < 1.29 is 14.3 Å². The van der Waals surface area contributed by atoms with Gasteiger partial charge in [-0.25, -0.2) is 0 Å². The van der Waals surface area contributed by atoms with Gasteiger partial charge in [0.1, 0.15) is 11.8 Å². The van der Waals surface area contributed by atoms with Gasteiger partial charge in [0.2, 0.25) is 5.91 Å². The first-order chi connectivity index (χ1) is 14.7. The van der Waals surface area contributed by atoms with Gasteiger partial charge in [-0.1, -0.05) is 48.0 Å². The van der Waals surface area contributed by atoms with Crippen molar-refractivity contribution in [1.82, 2.24) is 10.2 Å². The number of carbonyl (C=O) groups is 2. The highest BCUT2D eigenvalue weighted by atomic mass is 79.9. The fraction of sp³-hybridized carbons (Fsp3) is 0.417. The Balaban J connectivity index is 2.17. The van der Waals surface area contributed by atoms with Crippen LogP contribution in [0.15, 0.2) is 51.4 Å². The number of nitrogens with zero attached hydrogens (tertiary/aromatic N) is 1. The zero-order chi connectivity index (χ0) is 23.0. The van der Waals surface area contributed by atoms with Gasteiger partial charge in [-0.2, -0.15) is 0 Å². The van der Waals surface area contributed by atoms with Gasteiger partial charge in [-0.15, -0.1) is 0 Å². The van der Waals surface area contributed by atoms with E-state index in [4.69, 9.17) is 4.74 Å². The number of nitrogens with one attached hydrogen (secondary N) is 1. The molecule has 2 amide bonds. The molecule has 0 saturated carbocycles. The van der Waals surface area contributed by atoms with Crippen LogP contribution in [0.3, 0.4) is 0 Å². The highest BCUT2D eigenvalue weighted by Gasteiger charge is 2.27. The minimum atomic E-state index is -0.630. The number of aryl methyl sites for hydroxylation is 1. The zero-order valence-electron chi connectivity index (χ0n) is 18.5. The van der Waals surface area contributed by atoms with Crippen LogP contribution in [0.5, 0.6) is 5.75 Å². The summed E-state index contributed by atoms with van der Waals surface area (Å²) in [5.41, 5.74) is 2.11. The first-order valence-corrected chi connectivity index (χ1v) is 12.1. The quantitative estimate of drug-likeness (QED) is 0.423. The van der Waals surface area contributed by atoms with Gasteiger partial charge in [0.15, 0.2) is 6.61 Å². The average Bonchev–Trinajstić information content (AvgIpc) is 2.75. The molecule has 0 fully saturated rings. The molecule has 0 bridgehead atoms. The monoisotopic (exact) mass is 552 g/mol. The van der Waals surface area contributed by atoms with Crippen molar-refractivity contribution in [3.8, 4) is 5.75 Å². The molecule has 2 rings (SSSR count). The van der Waals surface area contributed by atoms with Gasteiger partial charge in [-0.05, 0) is 78.0 Å². The molecule has 0 heterocycles. The number of halogens is 2. The standard InChI is InChI=1S/C24H30Br2N2O3/c1-5-16(3)27-24(30)17(4)28(14-19-8-7-9-20(25)12-19)23(29)15-31-22-11-10-18(6-2)13-21(22)26/h7-13,16-17H,5-6,14-15H2,1-4H3,(H,27,30)/t16-,17-/m1/s1. The number of amides is 2. The highest BCUT2D eigenvalue weighted by molar-refractivity contribution is 9.10. The zero-order valence-corrected chi connectivity index (χ0v) is 21.6. The van der Waals surface area contributed by atoms with Crippen LogP contribution < -0.4 is 10.1 Å². The summed E-state index contributed by atoms with van der Waals surface area (Å²) in [5, 5.41) is 2.97. The lowest BCUT2D eigenvalue weighted by atomic mass is 10.1. The number of hydrogen-bond donors (Lipinski definition) is 1. The maximum absolute atomic E-state index is 13.1. The molecule has 2 aromatic rings. The fourth-order valence-electron chi connectivity index (χ4n) is 2.98. The second-order valence-corrected chi connectivity index (χ2v) is 9.32. The normalized spacial score (nSPS) is 12.7. The number of hydrogen-bond acceptors (Lipinski definition) is 3. The van der Waals surface area contributed by atoms with Crippen molar-refractivity contribution in [2.75, 3.05) is 6.61 Å². The summed E-state index contributed by atoms with van der Waals surface area (Å²) in [6.45, 7) is 7.95. The van der Waals surface area contributed by atoms with Gasteiger partial charge in [0.25, 0.3) is 5.91 Å². The van der Waals surface area contributed by atoms with E-state index in [9.17, 15) is 9.59 Å². The fourth-order valence-corrected chi connectivity index (χ4v) is 3.97. The molecule has 5 nitrogen and oxygen atoms in total. The van der Waals surface area contributed by atoms with E-state index in [1.54, 1.807) is 11.8 Å². The third-order valence-electron chi connectivity index (χ3n) is 5.17. The lowest BCUT2D eigenvalue weighted by Gasteiger charge is -2.29. The number of benzene rings is 2. The van der Waals surface area contributed by atoms with Crippen molar-refractivity contribution in [2.45, 2.75) is 59.2 Å². The Labute approximate surface area is 201 Å². The molecule has 0 aliphatic heterocycles. The molecule has 7 heteroatoms. The molecule has 0 unspecified atom stereocenters. The molecule has 0 saturated heterocycles. The lowest BCUT2D eigenvalue weighted by Crippen LogP contribution is -2.50. The Morgan fingerprint density at radius 2 is 1.81 bits per heavy atom. The van der Waals surface area contributed by atoms with E-state index in [-0.39, 0.29) is 24.5 Å². The Morgan fingerprint density at radius 3 is 2.42 bits per heavy atom. The van der Waals surface area contributed by atoms with Gasteiger partial charge in [0.05, 0.1) is 4.47 Å².